The molecule has 1 aromatic rings. The average molecular weight is 303 g/mol. The van der Waals surface area contributed by atoms with Gasteiger partial charge in [-0.15, -0.1) is 0 Å². The van der Waals surface area contributed by atoms with E-state index < -0.39 is 0 Å². The van der Waals surface area contributed by atoms with Crippen molar-refractivity contribution >= 4 is 35.0 Å². The Hall–Kier alpha value is -1.26. The minimum atomic E-state index is -0.275. The van der Waals surface area contributed by atoms with Gasteiger partial charge in [0.05, 0.1) is 13.0 Å². The zero-order valence-electron chi connectivity index (χ0n) is 10.8. The number of carbonyl (C=O) groups excluding carboxylic acids is 2. The highest BCUT2D eigenvalue weighted by Crippen LogP contribution is 2.20. The molecule has 2 amide bonds. The first kappa shape index (κ1) is 15.8. The maximum Gasteiger partial charge on any atom is 0.239 e. The third-order valence-electron chi connectivity index (χ3n) is 2.25. The van der Waals surface area contributed by atoms with E-state index in [9.17, 15) is 9.59 Å². The quantitative estimate of drug-likeness (QED) is 0.876. The van der Waals surface area contributed by atoms with E-state index in [1.54, 1.807) is 18.2 Å². The summed E-state index contributed by atoms with van der Waals surface area (Å²) >= 11 is 11.8. The molecule has 0 saturated carbocycles. The van der Waals surface area contributed by atoms with Gasteiger partial charge in [-0.3, -0.25) is 9.59 Å². The van der Waals surface area contributed by atoms with Gasteiger partial charge in [0.2, 0.25) is 11.8 Å². The number of halogens is 2. The topological polar surface area (TPSA) is 58.2 Å². The fraction of sp³-hybridized carbons (Fsp3) is 0.385. The number of hydrogen-bond acceptors (Lipinski definition) is 2. The van der Waals surface area contributed by atoms with Crippen LogP contribution in [0.2, 0.25) is 10.0 Å². The maximum atomic E-state index is 11.7. The van der Waals surface area contributed by atoms with Crippen LogP contribution in [-0.2, 0) is 16.0 Å². The van der Waals surface area contributed by atoms with Crippen LogP contribution in [0.5, 0.6) is 0 Å². The number of hydrogen-bond donors (Lipinski definition) is 2. The molecule has 0 atom stereocenters. The zero-order chi connectivity index (χ0) is 14.4. The molecule has 0 bridgehead atoms. The van der Waals surface area contributed by atoms with Gasteiger partial charge < -0.3 is 10.6 Å². The Morgan fingerprint density at radius 2 is 1.89 bits per heavy atom. The summed E-state index contributed by atoms with van der Waals surface area (Å²) in [6.07, 6.45) is 0.0916. The summed E-state index contributed by atoms with van der Waals surface area (Å²) < 4.78 is 0. The molecule has 0 spiro atoms. The van der Waals surface area contributed by atoms with Crippen molar-refractivity contribution in [3.63, 3.8) is 0 Å². The van der Waals surface area contributed by atoms with Gasteiger partial charge >= 0.3 is 0 Å². The summed E-state index contributed by atoms with van der Waals surface area (Å²) in [7, 11) is 0. The minimum Gasteiger partial charge on any atom is -0.352 e. The molecule has 1 aromatic carbocycles. The molecule has 1 rings (SSSR count). The van der Waals surface area contributed by atoms with E-state index in [2.05, 4.69) is 10.6 Å². The molecule has 104 valence electrons. The molecule has 0 aromatic heterocycles. The minimum absolute atomic E-state index is 0.0464. The molecule has 0 unspecified atom stereocenters. The third-order valence-corrected chi connectivity index (χ3v) is 2.86. The van der Waals surface area contributed by atoms with Gasteiger partial charge in [0.1, 0.15) is 0 Å². The molecule has 6 heteroatoms. The van der Waals surface area contributed by atoms with Crippen molar-refractivity contribution in [1.82, 2.24) is 10.6 Å². The fourth-order valence-corrected chi connectivity index (χ4v) is 1.85. The first-order chi connectivity index (χ1) is 8.88. The predicted molar refractivity (Wildman–Crippen MR) is 76.5 cm³/mol. The molecule has 0 aliphatic heterocycles. The zero-order valence-corrected chi connectivity index (χ0v) is 12.3. The van der Waals surface area contributed by atoms with Crippen molar-refractivity contribution in [3.8, 4) is 0 Å². The molecule has 19 heavy (non-hydrogen) atoms. The standard InChI is InChI=1S/C13H16Cl2N2O2/c1-8(2)17-13(19)7-16-12(18)6-9-5-10(14)3-4-11(9)15/h3-5,8H,6-7H2,1-2H3,(H,16,18)(H,17,19). The van der Waals surface area contributed by atoms with Gasteiger partial charge in [0.15, 0.2) is 0 Å². The highest BCUT2D eigenvalue weighted by molar-refractivity contribution is 6.33. The Kier molecular flexibility index (Phi) is 6.12. The Labute approximate surface area is 122 Å². The van der Waals surface area contributed by atoms with Crippen molar-refractivity contribution in [2.45, 2.75) is 26.3 Å². The van der Waals surface area contributed by atoms with Crippen LogP contribution < -0.4 is 10.6 Å². The first-order valence-corrected chi connectivity index (χ1v) is 6.64. The van der Waals surface area contributed by atoms with E-state index in [-0.39, 0.29) is 30.8 Å². The second-order valence-electron chi connectivity index (χ2n) is 4.41. The summed E-state index contributed by atoms with van der Waals surface area (Å²) in [5.41, 5.74) is 0.635. The molecule has 0 saturated heterocycles. The summed E-state index contributed by atoms with van der Waals surface area (Å²) in [5.74, 6) is -0.497. The molecule has 2 N–H and O–H groups in total. The van der Waals surface area contributed by atoms with Gasteiger partial charge in [0.25, 0.3) is 0 Å². The average Bonchev–Trinajstić information content (AvgIpc) is 2.30. The van der Waals surface area contributed by atoms with Crippen LogP contribution in [0.1, 0.15) is 19.4 Å². The summed E-state index contributed by atoms with van der Waals surface area (Å²) in [6.45, 7) is 3.66. The predicted octanol–water partition coefficient (Wildman–Crippen LogP) is 2.18. The number of amides is 2. The summed E-state index contributed by atoms with van der Waals surface area (Å²) in [4.78, 5) is 23.0. The van der Waals surface area contributed by atoms with Crippen LogP contribution in [0, 0.1) is 0 Å². The van der Waals surface area contributed by atoms with Crippen LogP contribution >= 0.6 is 23.2 Å². The lowest BCUT2D eigenvalue weighted by Crippen LogP contribution is -2.40. The smallest absolute Gasteiger partial charge is 0.239 e. The van der Waals surface area contributed by atoms with Crippen molar-refractivity contribution in [2.24, 2.45) is 0 Å². The lowest BCUT2D eigenvalue weighted by molar-refractivity contribution is -0.126. The number of benzene rings is 1. The molecule has 0 fully saturated rings. The molecule has 4 nitrogen and oxygen atoms in total. The SMILES string of the molecule is CC(C)NC(=O)CNC(=O)Cc1cc(Cl)ccc1Cl. The second kappa shape index (κ2) is 7.36. The van der Waals surface area contributed by atoms with Gasteiger partial charge in [-0.05, 0) is 37.6 Å². The molecule has 0 aliphatic rings. The Balaban J connectivity index is 2.47. The van der Waals surface area contributed by atoms with E-state index in [1.807, 2.05) is 13.8 Å². The lowest BCUT2D eigenvalue weighted by Gasteiger charge is -2.09. The van der Waals surface area contributed by atoms with Crippen LogP contribution in [0.3, 0.4) is 0 Å². The summed E-state index contributed by atoms with van der Waals surface area (Å²) in [6, 6.07) is 4.98. The third kappa shape index (κ3) is 5.94. The Morgan fingerprint density at radius 3 is 2.53 bits per heavy atom. The van der Waals surface area contributed by atoms with E-state index in [4.69, 9.17) is 23.2 Å². The van der Waals surface area contributed by atoms with Gasteiger partial charge in [-0.1, -0.05) is 23.2 Å². The highest BCUT2D eigenvalue weighted by atomic mass is 35.5. The van der Waals surface area contributed by atoms with Crippen molar-refractivity contribution in [2.75, 3.05) is 6.54 Å². The van der Waals surface area contributed by atoms with Crippen LogP contribution in [0.25, 0.3) is 0 Å². The van der Waals surface area contributed by atoms with Gasteiger partial charge in [-0.25, -0.2) is 0 Å². The Bertz CT molecular complexity index is 476. The monoisotopic (exact) mass is 302 g/mol. The molecular formula is C13H16Cl2N2O2. The normalized spacial score (nSPS) is 10.4. The first-order valence-electron chi connectivity index (χ1n) is 5.88. The second-order valence-corrected chi connectivity index (χ2v) is 5.26. The fourth-order valence-electron chi connectivity index (χ4n) is 1.47. The lowest BCUT2D eigenvalue weighted by atomic mass is 10.1. The van der Waals surface area contributed by atoms with E-state index in [1.165, 1.54) is 0 Å². The number of nitrogens with one attached hydrogen (secondary N) is 2. The molecular weight excluding hydrogens is 287 g/mol. The Morgan fingerprint density at radius 1 is 1.21 bits per heavy atom. The van der Waals surface area contributed by atoms with Crippen LogP contribution in [-0.4, -0.2) is 24.4 Å². The number of rotatable bonds is 5. The van der Waals surface area contributed by atoms with E-state index in [0.717, 1.165) is 0 Å². The molecule has 0 aliphatic carbocycles. The van der Waals surface area contributed by atoms with Crippen molar-refractivity contribution in [3.05, 3.63) is 33.8 Å². The van der Waals surface area contributed by atoms with E-state index >= 15 is 0 Å². The summed E-state index contributed by atoms with van der Waals surface area (Å²) in [5, 5.41) is 6.21. The van der Waals surface area contributed by atoms with Crippen molar-refractivity contribution < 1.29 is 9.59 Å². The van der Waals surface area contributed by atoms with Crippen LogP contribution in [0.15, 0.2) is 18.2 Å². The van der Waals surface area contributed by atoms with Gasteiger partial charge in [0, 0.05) is 16.1 Å². The highest BCUT2D eigenvalue weighted by Gasteiger charge is 2.09. The molecule has 0 heterocycles. The maximum absolute atomic E-state index is 11.7. The number of carbonyl (C=O) groups is 2. The van der Waals surface area contributed by atoms with Crippen molar-refractivity contribution in [1.29, 1.82) is 0 Å². The largest absolute Gasteiger partial charge is 0.352 e. The van der Waals surface area contributed by atoms with Gasteiger partial charge in [-0.2, -0.15) is 0 Å². The van der Waals surface area contributed by atoms with Crippen LogP contribution in [0.4, 0.5) is 0 Å². The molecule has 0 radical (unpaired) electrons. The van der Waals surface area contributed by atoms with E-state index in [0.29, 0.717) is 15.6 Å².